The Morgan fingerprint density at radius 2 is 1.97 bits per heavy atom. The predicted octanol–water partition coefficient (Wildman–Crippen LogP) is 3.87. The zero-order valence-corrected chi connectivity index (χ0v) is 16.8. The molecule has 0 spiro atoms. The molecule has 0 unspecified atom stereocenters. The molecule has 146 valence electrons. The summed E-state index contributed by atoms with van der Waals surface area (Å²) < 4.78 is 1.12. The van der Waals surface area contributed by atoms with E-state index in [4.69, 9.17) is 5.73 Å². The van der Waals surface area contributed by atoms with Gasteiger partial charge in [-0.15, -0.1) is 11.3 Å². The summed E-state index contributed by atoms with van der Waals surface area (Å²) in [4.78, 5) is 19.9. The largest absolute Gasteiger partial charge is 0.390 e. The van der Waals surface area contributed by atoms with E-state index in [2.05, 4.69) is 33.4 Å². The van der Waals surface area contributed by atoms with Gasteiger partial charge in [0.15, 0.2) is 5.78 Å². The molecule has 5 rings (SSSR count). The van der Waals surface area contributed by atoms with Gasteiger partial charge in [-0.2, -0.15) is 0 Å². The van der Waals surface area contributed by atoms with Crippen LogP contribution in [0.25, 0.3) is 21.0 Å². The fourth-order valence-corrected chi connectivity index (χ4v) is 4.93. The maximum Gasteiger partial charge on any atom is 0.168 e. The van der Waals surface area contributed by atoms with Crippen molar-refractivity contribution in [3.05, 3.63) is 65.9 Å². The molecule has 0 amide bonds. The first-order valence-corrected chi connectivity index (χ1v) is 10.7. The van der Waals surface area contributed by atoms with Crippen LogP contribution in [0.2, 0.25) is 0 Å². The van der Waals surface area contributed by atoms with Crippen LogP contribution in [0.4, 0.5) is 10.7 Å². The maximum absolute atomic E-state index is 13.0. The van der Waals surface area contributed by atoms with Crippen LogP contribution in [0.3, 0.4) is 0 Å². The number of thiophene rings is 1. The Morgan fingerprint density at radius 1 is 1.14 bits per heavy atom. The molecule has 4 aromatic rings. The molecule has 0 bridgehead atoms. The van der Waals surface area contributed by atoms with E-state index in [0.29, 0.717) is 17.0 Å². The van der Waals surface area contributed by atoms with Crippen LogP contribution in [-0.2, 0) is 6.42 Å². The summed E-state index contributed by atoms with van der Waals surface area (Å²) >= 11 is 1.53. The van der Waals surface area contributed by atoms with Gasteiger partial charge in [-0.1, -0.05) is 24.3 Å². The van der Waals surface area contributed by atoms with E-state index in [0.717, 1.165) is 52.7 Å². The monoisotopic (exact) mass is 402 g/mol. The predicted molar refractivity (Wildman–Crippen MR) is 121 cm³/mol. The number of pyridine rings is 1. The molecule has 5 nitrogen and oxygen atoms in total. The van der Waals surface area contributed by atoms with Gasteiger partial charge in [-0.3, -0.25) is 9.78 Å². The Balaban J connectivity index is 1.42. The van der Waals surface area contributed by atoms with E-state index < -0.39 is 0 Å². The number of hydrogen-bond acceptors (Lipinski definition) is 6. The Bertz CT molecular complexity index is 1210. The summed E-state index contributed by atoms with van der Waals surface area (Å²) in [6, 6.07) is 16.3. The van der Waals surface area contributed by atoms with Gasteiger partial charge >= 0.3 is 0 Å². The van der Waals surface area contributed by atoms with Crippen molar-refractivity contribution in [2.45, 2.75) is 6.42 Å². The van der Waals surface area contributed by atoms with E-state index in [-0.39, 0.29) is 5.78 Å². The first kappa shape index (κ1) is 18.1. The Kier molecular flexibility index (Phi) is 4.66. The Morgan fingerprint density at radius 3 is 2.83 bits per heavy atom. The molecule has 1 aliphatic rings. The van der Waals surface area contributed by atoms with Crippen molar-refractivity contribution < 1.29 is 4.79 Å². The molecule has 0 aliphatic carbocycles. The summed E-state index contributed by atoms with van der Waals surface area (Å²) in [5.74, 6) is 0.0424. The molecule has 3 heterocycles. The molecular formula is C23H22N4OS. The number of carbonyl (C=O) groups excluding carboxylic acids is 1. The molecule has 3 N–H and O–H groups in total. The van der Waals surface area contributed by atoms with Gasteiger partial charge in [0.05, 0.1) is 10.5 Å². The average Bonchev–Trinajstić information content (AvgIpc) is 3.08. The summed E-state index contributed by atoms with van der Waals surface area (Å²) in [6.07, 6.45) is 1.98. The third kappa shape index (κ3) is 3.45. The van der Waals surface area contributed by atoms with Crippen LogP contribution >= 0.6 is 11.3 Å². The number of piperazine rings is 1. The molecule has 0 atom stereocenters. The highest BCUT2D eigenvalue weighted by Crippen LogP contribution is 2.34. The highest BCUT2D eigenvalue weighted by atomic mass is 32.1. The molecular weight excluding hydrogens is 380 g/mol. The second kappa shape index (κ2) is 7.46. The van der Waals surface area contributed by atoms with Crippen LogP contribution in [0.5, 0.6) is 0 Å². The van der Waals surface area contributed by atoms with E-state index in [9.17, 15) is 4.79 Å². The lowest BCUT2D eigenvalue weighted by atomic mass is 10.0. The number of ketones is 1. The molecule has 6 heteroatoms. The van der Waals surface area contributed by atoms with E-state index in [1.165, 1.54) is 17.0 Å². The standard InChI is InChI=1S/C23H22N4OS/c24-23-19(18-3-1-2-4-22(18)29-23)13-21(28)16-11-15-5-6-17(12-20(15)26-14-16)27-9-7-25-8-10-27/h1-6,11-12,14,25H,7-10,13,24H2. The van der Waals surface area contributed by atoms with Crippen molar-refractivity contribution in [3.8, 4) is 0 Å². The molecule has 2 aromatic heterocycles. The third-order valence-electron chi connectivity index (χ3n) is 5.54. The number of nitrogens with one attached hydrogen (secondary N) is 1. The Hall–Kier alpha value is -2.96. The normalized spacial score (nSPS) is 14.6. The SMILES string of the molecule is Nc1sc2ccccc2c1CC(=O)c1cnc2cc(N3CCNCC3)ccc2c1. The molecule has 1 fully saturated rings. The number of hydrogen-bond donors (Lipinski definition) is 2. The molecule has 0 saturated carbocycles. The molecule has 1 aliphatic heterocycles. The highest BCUT2D eigenvalue weighted by molar-refractivity contribution is 7.22. The average molecular weight is 403 g/mol. The second-order valence-corrected chi connectivity index (χ2v) is 8.46. The van der Waals surface area contributed by atoms with Crippen molar-refractivity contribution in [1.29, 1.82) is 0 Å². The third-order valence-corrected chi connectivity index (χ3v) is 6.58. The number of benzene rings is 2. The lowest BCUT2D eigenvalue weighted by molar-refractivity contribution is 0.0993. The fourth-order valence-electron chi connectivity index (χ4n) is 3.94. The first-order valence-electron chi connectivity index (χ1n) is 9.83. The number of aromatic nitrogens is 1. The maximum atomic E-state index is 13.0. The van der Waals surface area contributed by atoms with Gasteiger partial charge in [0.25, 0.3) is 0 Å². The minimum absolute atomic E-state index is 0.0424. The van der Waals surface area contributed by atoms with Gasteiger partial charge < -0.3 is 16.0 Å². The van der Waals surface area contributed by atoms with Gasteiger partial charge in [-0.25, -0.2) is 0 Å². The van der Waals surface area contributed by atoms with Crippen molar-refractivity contribution in [3.63, 3.8) is 0 Å². The van der Waals surface area contributed by atoms with Crippen molar-refractivity contribution in [2.24, 2.45) is 0 Å². The van der Waals surface area contributed by atoms with Gasteiger partial charge in [0.1, 0.15) is 0 Å². The smallest absolute Gasteiger partial charge is 0.168 e. The molecule has 29 heavy (non-hydrogen) atoms. The van der Waals surface area contributed by atoms with Crippen molar-refractivity contribution in [2.75, 3.05) is 36.8 Å². The van der Waals surface area contributed by atoms with Crippen LogP contribution < -0.4 is 16.0 Å². The van der Waals surface area contributed by atoms with Gasteiger partial charge in [-0.05, 0) is 29.7 Å². The minimum Gasteiger partial charge on any atom is -0.390 e. The topological polar surface area (TPSA) is 71.2 Å². The van der Waals surface area contributed by atoms with Gasteiger partial charge in [0.2, 0.25) is 0 Å². The quantitative estimate of drug-likeness (QED) is 0.507. The number of rotatable bonds is 4. The summed E-state index contributed by atoms with van der Waals surface area (Å²) in [5, 5.41) is 6.14. The highest BCUT2D eigenvalue weighted by Gasteiger charge is 2.16. The molecule has 1 saturated heterocycles. The fraction of sp³-hybridized carbons (Fsp3) is 0.217. The van der Waals surface area contributed by atoms with Crippen LogP contribution in [-0.4, -0.2) is 36.9 Å². The first-order chi connectivity index (χ1) is 14.2. The minimum atomic E-state index is 0.0424. The van der Waals surface area contributed by atoms with E-state index in [1.54, 1.807) is 6.20 Å². The number of Topliss-reactive ketones (excluding diaryl/α,β-unsaturated/α-hetero) is 1. The zero-order chi connectivity index (χ0) is 19.8. The van der Waals surface area contributed by atoms with Crippen LogP contribution in [0.1, 0.15) is 15.9 Å². The number of nitrogens with two attached hydrogens (primary N) is 1. The van der Waals surface area contributed by atoms with Gasteiger partial charge in [0, 0.05) is 65.7 Å². The van der Waals surface area contributed by atoms with Crippen molar-refractivity contribution >= 4 is 48.8 Å². The lowest BCUT2D eigenvalue weighted by Gasteiger charge is -2.29. The number of nitrogen functional groups attached to an aromatic ring is 1. The number of anilines is 2. The van der Waals surface area contributed by atoms with Crippen LogP contribution in [0.15, 0.2) is 54.7 Å². The number of carbonyl (C=O) groups is 1. The summed E-state index contributed by atoms with van der Waals surface area (Å²) in [7, 11) is 0. The molecule has 2 aromatic carbocycles. The Labute approximate surface area is 173 Å². The molecule has 0 radical (unpaired) electrons. The lowest BCUT2D eigenvalue weighted by Crippen LogP contribution is -2.43. The van der Waals surface area contributed by atoms with Crippen LogP contribution in [0, 0.1) is 0 Å². The zero-order valence-electron chi connectivity index (χ0n) is 16.0. The van der Waals surface area contributed by atoms with E-state index >= 15 is 0 Å². The van der Waals surface area contributed by atoms with Crippen molar-refractivity contribution in [1.82, 2.24) is 10.3 Å². The number of nitrogens with zero attached hydrogens (tertiary/aromatic N) is 2. The number of fused-ring (bicyclic) bond motifs is 2. The van der Waals surface area contributed by atoms with E-state index in [1.807, 2.05) is 30.3 Å². The second-order valence-electron chi connectivity index (χ2n) is 7.38. The summed E-state index contributed by atoms with van der Waals surface area (Å²) in [6.45, 7) is 3.99. The summed E-state index contributed by atoms with van der Waals surface area (Å²) in [5.41, 5.74) is 9.85.